The normalized spacial score (nSPS) is 17.2. The summed E-state index contributed by atoms with van der Waals surface area (Å²) >= 11 is 0. The summed E-state index contributed by atoms with van der Waals surface area (Å²) in [5.41, 5.74) is 2.94. The van der Waals surface area contributed by atoms with Crippen LogP contribution in [0.1, 0.15) is 50.7 Å². The third-order valence-electron chi connectivity index (χ3n) is 2.67. The molecule has 0 spiro atoms. The van der Waals surface area contributed by atoms with Crippen LogP contribution in [0.15, 0.2) is 30.3 Å². The van der Waals surface area contributed by atoms with E-state index in [1.807, 2.05) is 13.8 Å². The Kier molecular flexibility index (Phi) is 5.84. The molecule has 1 aromatic rings. The third-order valence-corrected chi connectivity index (χ3v) is 2.67. The Bertz CT molecular complexity index is 297. The van der Waals surface area contributed by atoms with Gasteiger partial charge in [-0.25, -0.2) is 0 Å². The molecular weight excluding hydrogens is 180 g/mol. The molecule has 0 saturated heterocycles. The molecule has 0 nitrogen and oxygen atoms in total. The van der Waals surface area contributed by atoms with Crippen molar-refractivity contribution >= 4 is 6.08 Å². The van der Waals surface area contributed by atoms with E-state index in [0.29, 0.717) is 0 Å². The van der Waals surface area contributed by atoms with Crippen LogP contribution in [0.4, 0.5) is 0 Å². The van der Waals surface area contributed by atoms with Crippen LogP contribution in [-0.2, 0) is 6.42 Å². The molecule has 0 bridgehead atoms. The molecule has 0 unspecified atom stereocenters. The summed E-state index contributed by atoms with van der Waals surface area (Å²) in [6.07, 6.45) is 11.2. The molecular formula is C15H22. The molecule has 1 aromatic carbocycles. The lowest BCUT2D eigenvalue weighted by atomic mass is 10.0. The second-order valence-corrected chi connectivity index (χ2v) is 3.70. The van der Waals surface area contributed by atoms with Gasteiger partial charge in [0, 0.05) is 0 Å². The van der Waals surface area contributed by atoms with Gasteiger partial charge in [-0.1, -0.05) is 56.7 Å². The predicted molar refractivity (Wildman–Crippen MR) is 69.0 cm³/mol. The van der Waals surface area contributed by atoms with E-state index in [-0.39, 0.29) is 0 Å². The van der Waals surface area contributed by atoms with Gasteiger partial charge in [0.25, 0.3) is 0 Å². The number of benzene rings is 1. The van der Waals surface area contributed by atoms with Gasteiger partial charge in [-0.3, -0.25) is 0 Å². The molecule has 0 saturated carbocycles. The van der Waals surface area contributed by atoms with Gasteiger partial charge in [-0.2, -0.15) is 0 Å². The maximum Gasteiger partial charge on any atom is -0.0228 e. The molecule has 1 aliphatic carbocycles. The number of aryl methyl sites for hydroxylation is 1. The molecule has 0 amide bonds. The summed E-state index contributed by atoms with van der Waals surface area (Å²) in [6.45, 7) is 4.00. The summed E-state index contributed by atoms with van der Waals surface area (Å²) < 4.78 is 0. The second kappa shape index (κ2) is 7.28. The van der Waals surface area contributed by atoms with E-state index >= 15 is 0 Å². The largest absolute Gasteiger partial charge is 0.0839 e. The van der Waals surface area contributed by atoms with Gasteiger partial charge in [0.2, 0.25) is 0 Å². The number of hydrogen-bond donors (Lipinski definition) is 0. The van der Waals surface area contributed by atoms with E-state index in [9.17, 15) is 0 Å². The van der Waals surface area contributed by atoms with E-state index in [2.05, 4.69) is 36.4 Å². The van der Waals surface area contributed by atoms with Gasteiger partial charge in [-0.15, -0.1) is 0 Å². The van der Waals surface area contributed by atoms with Crippen molar-refractivity contribution in [3.63, 3.8) is 0 Å². The molecule has 0 fully saturated rings. The van der Waals surface area contributed by atoms with Crippen LogP contribution in [0.25, 0.3) is 6.08 Å². The summed E-state index contributed by atoms with van der Waals surface area (Å²) in [6, 6.07) is 8.74. The number of allylic oxidation sites excluding steroid dienone is 1. The number of fused-ring (bicyclic) bond motifs is 1. The molecule has 0 aliphatic heterocycles. The SMILES string of the molecule is C1=C/c2ccccc2CCCCC/1.CC. The van der Waals surface area contributed by atoms with Crippen molar-refractivity contribution in [3.8, 4) is 0 Å². The highest BCUT2D eigenvalue weighted by molar-refractivity contribution is 5.53. The van der Waals surface area contributed by atoms with Crippen LogP contribution in [0.3, 0.4) is 0 Å². The second-order valence-electron chi connectivity index (χ2n) is 3.70. The first-order valence-electron chi connectivity index (χ1n) is 6.21. The van der Waals surface area contributed by atoms with E-state index in [1.165, 1.54) is 43.2 Å². The Labute approximate surface area is 94.0 Å². The molecule has 1 aliphatic rings. The van der Waals surface area contributed by atoms with Crippen molar-refractivity contribution in [2.45, 2.75) is 46.0 Å². The minimum atomic E-state index is 1.24. The van der Waals surface area contributed by atoms with Crippen molar-refractivity contribution in [2.75, 3.05) is 0 Å². The summed E-state index contributed by atoms with van der Waals surface area (Å²) in [4.78, 5) is 0. The fourth-order valence-electron chi connectivity index (χ4n) is 1.89. The third kappa shape index (κ3) is 3.91. The van der Waals surface area contributed by atoms with Crippen LogP contribution in [-0.4, -0.2) is 0 Å². The Morgan fingerprint density at radius 1 is 0.933 bits per heavy atom. The standard InChI is InChI=1S/C13H16.C2H6/c1-2-4-8-12-10-6-7-11-13(12)9-5-3-1;1-2/h4,6-8,10-11H,1-3,5,9H2;1-2H3/b8-4+;. The van der Waals surface area contributed by atoms with E-state index in [0.717, 1.165) is 0 Å². The highest BCUT2D eigenvalue weighted by atomic mass is 14.1. The molecule has 0 aromatic heterocycles. The summed E-state index contributed by atoms with van der Waals surface area (Å²) in [7, 11) is 0. The van der Waals surface area contributed by atoms with Gasteiger partial charge < -0.3 is 0 Å². The zero-order chi connectivity index (χ0) is 10.9. The van der Waals surface area contributed by atoms with Crippen molar-refractivity contribution < 1.29 is 0 Å². The van der Waals surface area contributed by atoms with Crippen molar-refractivity contribution in [1.82, 2.24) is 0 Å². The molecule has 15 heavy (non-hydrogen) atoms. The highest BCUT2D eigenvalue weighted by Gasteiger charge is 2.00. The van der Waals surface area contributed by atoms with Gasteiger partial charge >= 0.3 is 0 Å². The first-order chi connectivity index (χ1) is 7.47. The minimum absolute atomic E-state index is 1.24. The van der Waals surface area contributed by atoms with Crippen molar-refractivity contribution in [1.29, 1.82) is 0 Å². The minimum Gasteiger partial charge on any atom is -0.0839 e. The van der Waals surface area contributed by atoms with Crippen LogP contribution in [0.2, 0.25) is 0 Å². The lowest BCUT2D eigenvalue weighted by Gasteiger charge is -2.03. The first kappa shape index (κ1) is 12.0. The zero-order valence-electron chi connectivity index (χ0n) is 10.00. The average Bonchev–Trinajstić information content (AvgIpc) is 2.43. The average molecular weight is 202 g/mol. The van der Waals surface area contributed by atoms with Gasteiger partial charge in [0.1, 0.15) is 0 Å². The zero-order valence-corrected chi connectivity index (χ0v) is 10.00. The van der Waals surface area contributed by atoms with Crippen LogP contribution in [0, 0.1) is 0 Å². The quantitative estimate of drug-likeness (QED) is 0.564. The molecule has 0 heteroatoms. The Morgan fingerprint density at radius 2 is 1.73 bits per heavy atom. The van der Waals surface area contributed by atoms with Gasteiger partial charge in [0.15, 0.2) is 0 Å². The van der Waals surface area contributed by atoms with E-state index in [1.54, 1.807) is 0 Å². The number of hydrogen-bond acceptors (Lipinski definition) is 0. The molecule has 0 N–H and O–H groups in total. The van der Waals surface area contributed by atoms with E-state index in [4.69, 9.17) is 0 Å². The Balaban J connectivity index is 0.000000531. The lowest BCUT2D eigenvalue weighted by molar-refractivity contribution is 0.690. The topological polar surface area (TPSA) is 0 Å². The van der Waals surface area contributed by atoms with Crippen LogP contribution in [0.5, 0.6) is 0 Å². The molecule has 82 valence electrons. The molecule has 0 heterocycles. The summed E-state index contributed by atoms with van der Waals surface area (Å²) in [5.74, 6) is 0. The monoisotopic (exact) mass is 202 g/mol. The molecule has 0 atom stereocenters. The fourth-order valence-corrected chi connectivity index (χ4v) is 1.89. The maximum absolute atomic E-state index is 2.31. The highest BCUT2D eigenvalue weighted by Crippen LogP contribution is 2.17. The Morgan fingerprint density at radius 3 is 2.60 bits per heavy atom. The smallest absolute Gasteiger partial charge is 0.0228 e. The predicted octanol–water partition coefficient (Wildman–Crippen LogP) is 4.84. The first-order valence-corrected chi connectivity index (χ1v) is 6.21. The molecule has 0 radical (unpaired) electrons. The fraction of sp³-hybridized carbons (Fsp3) is 0.467. The molecule has 2 rings (SSSR count). The van der Waals surface area contributed by atoms with Gasteiger partial charge in [-0.05, 0) is 36.8 Å². The van der Waals surface area contributed by atoms with Crippen molar-refractivity contribution in [2.24, 2.45) is 0 Å². The van der Waals surface area contributed by atoms with Crippen LogP contribution < -0.4 is 0 Å². The van der Waals surface area contributed by atoms with Crippen LogP contribution >= 0.6 is 0 Å². The van der Waals surface area contributed by atoms with Gasteiger partial charge in [0.05, 0.1) is 0 Å². The Hall–Kier alpha value is -1.04. The maximum atomic E-state index is 2.31. The lowest BCUT2D eigenvalue weighted by Crippen LogP contribution is -1.88. The van der Waals surface area contributed by atoms with E-state index < -0.39 is 0 Å². The number of rotatable bonds is 0. The summed E-state index contributed by atoms with van der Waals surface area (Å²) in [5, 5.41) is 0. The van der Waals surface area contributed by atoms with Crippen molar-refractivity contribution in [3.05, 3.63) is 41.5 Å².